The normalized spacial score (nSPS) is 16.8. The molecule has 1 N–H and O–H groups in total. The third-order valence-electron chi connectivity index (χ3n) is 5.78. The molecule has 6 nitrogen and oxygen atoms in total. The number of piperazine rings is 1. The van der Waals surface area contributed by atoms with Gasteiger partial charge in [-0.05, 0) is 54.4 Å². The van der Waals surface area contributed by atoms with Crippen LogP contribution in [-0.4, -0.2) is 76.6 Å². The van der Waals surface area contributed by atoms with Crippen molar-refractivity contribution in [2.75, 3.05) is 39.3 Å². The lowest BCUT2D eigenvalue weighted by atomic mass is 10.0. The fourth-order valence-corrected chi connectivity index (χ4v) is 3.96. The number of nitrogens with zero attached hydrogens (tertiary/aromatic N) is 4. The zero-order chi connectivity index (χ0) is 20.9. The van der Waals surface area contributed by atoms with Crippen molar-refractivity contribution in [2.45, 2.75) is 26.0 Å². The quantitative estimate of drug-likeness (QED) is 0.651. The first kappa shape index (κ1) is 20.7. The highest BCUT2D eigenvalue weighted by atomic mass is 16.5. The van der Waals surface area contributed by atoms with Gasteiger partial charge in [-0.1, -0.05) is 18.2 Å². The average Bonchev–Trinajstić information content (AvgIpc) is 2.78. The van der Waals surface area contributed by atoms with Crippen LogP contribution >= 0.6 is 0 Å². The molecule has 6 heteroatoms. The summed E-state index contributed by atoms with van der Waals surface area (Å²) in [5.41, 5.74) is 2.16. The molecule has 1 aliphatic heterocycles. The molecule has 4 rings (SSSR count). The monoisotopic (exact) mass is 406 g/mol. The van der Waals surface area contributed by atoms with E-state index in [2.05, 4.69) is 58.1 Å². The first-order chi connectivity index (χ1) is 14.6. The van der Waals surface area contributed by atoms with Crippen LogP contribution < -0.4 is 4.74 Å². The van der Waals surface area contributed by atoms with Gasteiger partial charge in [0.05, 0.1) is 12.4 Å². The van der Waals surface area contributed by atoms with Gasteiger partial charge in [0.15, 0.2) is 0 Å². The van der Waals surface area contributed by atoms with Gasteiger partial charge in [0.25, 0.3) is 0 Å². The summed E-state index contributed by atoms with van der Waals surface area (Å²) in [5.74, 6) is 0.782. The van der Waals surface area contributed by atoms with Crippen LogP contribution in [0.2, 0.25) is 0 Å². The molecule has 0 bridgehead atoms. The maximum atomic E-state index is 10.4. The molecular weight excluding hydrogens is 376 g/mol. The summed E-state index contributed by atoms with van der Waals surface area (Å²) in [4.78, 5) is 4.80. The van der Waals surface area contributed by atoms with Crippen LogP contribution in [0.15, 0.2) is 54.9 Å². The summed E-state index contributed by atoms with van der Waals surface area (Å²) >= 11 is 0. The fourth-order valence-electron chi connectivity index (χ4n) is 3.96. The number of aliphatic hydroxyl groups excluding tert-OH is 1. The maximum Gasteiger partial charge on any atom is 0.120 e. The highest BCUT2D eigenvalue weighted by Gasteiger charge is 2.20. The molecule has 2 heterocycles. The molecule has 2 aromatic carbocycles. The Bertz CT molecular complexity index is 956. The van der Waals surface area contributed by atoms with Crippen molar-refractivity contribution >= 4 is 10.8 Å². The van der Waals surface area contributed by atoms with Gasteiger partial charge in [-0.3, -0.25) is 9.80 Å². The topological polar surface area (TPSA) is 61.7 Å². The molecule has 1 unspecified atom stereocenters. The van der Waals surface area contributed by atoms with E-state index in [0.29, 0.717) is 19.2 Å². The van der Waals surface area contributed by atoms with Crippen molar-refractivity contribution in [3.63, 3.8) is 0 Å². The van der Waals surface area contributed by atoms with Crippen LogP contribution in [0.25, 0.3) is 21.9 Å². The van der Waals surface area contributed by atoms with E-state index >= 15 is 0 Å². The second-order valence-corrected chi connectivity index (χ2v) is 8.25. The third kappa shape index (κ3) is 5.14. The second kappa shape index (κ2) is 9.51. The van der Waals surface area contributed by atoms with Gasteiger partial charge in [-0.15, -0.1) is 0 Å². The van der Waals surface area contributed by atoms with Crippen molar-refractivity contribution in [2.24, 2.45) is 0 Å². The second-order valence-electron chi connectivity index (χ2n) is 8.25. The minimum absolute atomic E-state index is 0.302. The van der Waals surface area contributed by atoms with Crippen LogP contribution in [0.5, 0.6) is 5.75 Å². The van der Waals surface area contributed by atoms with Gasteiger partial charge in [-0.2, -0.15) is 10.2 Å². The van der Waals surface area contributed by atoms with Crippen LogP contribution in [0, 0.1) is 0 Å². The Morgan fingerprint density at radius 2 is 1.70 bits per heavy atom. The summed E-state index contributed by atoms with van der Waals surface area (Å²) in [6, 6.07) is 14.9. The summed E-state index contributed by atoms with van der Waals surface area (Å²) in [5, 5.41) is 20.5. The Hall–Kier alpha value is -2.54. The Kier molecular flexibility index (Phi) is 6.57. The van der Waals surface area contributed by atoms with E-state index in [1.807, 2.05) is 18.2 Å². The van der Waals surface area contributed by atoms with Crippen LogP contribution in [0.1, 0.15) is 13.8 Å². The highest BCUT2D eigenvalue weighted by molar-refractivity contribution is 5.88. The van der Waals surface area contributed by atoms with Crippen LogP contribution in [0.4, 0.5) is 0 Å². The maximum absolute atomic E-state index is 10.4. The van der Waals surface area contributed by atoms with Crippen LogP contribution in [0.3, 0.4) is 0 Å². The van der Waals surface area contributed by atoms with Gasteiger partial charge < -0.3 is 9.84 Å². The number of fused-ring (bicyclic) bond motifs is 1. The predicted molar refractivity (Wildman–Crippen MR) is 120 cm³/mol. The van der Waals surface area contributed by atoms with Crippen molar-refractivity contribution in [1.29, 1.82) is 0 Å². The molecule has 0 aliphatic carbocycles. The SMILES string of the molecule is CC(C)N1CCN(CC(O)COc2ccc3cc(-c4ccnnc4)ccc3c2)CC1. The lowest BCUT2D eigenvalue weighted by Crippen LogP contribution is -2.51. The molecule has 158 valence electrons. The Labute approximate surface area is 178 Å². The number of β-amino-alcohol motifs (C(OH)–C–C–N with tert-alkyl or cyclic N) is 1. The van der Waals surface area contributed by atoms with Gasteiger partial charge in [0.1, 0.15) is 18.5 Å². The van der Waals surface area contributed by atoms with Crippen LogP contribution in [-0.2, 0) is 0 Å². The standard InChI is InChI=1S/C24H30N4O2/c1-18(2)28-11-9-27(10-12-28)16-23(29)17-30-24-6-5-19-13-20(3-4-21(19)14-24)22-7-8-25-26-15-22/h3-8,13-15,18,23,29H,9-12,16-17H2,1-2H3. The van der Waals surface area contributed by atoms with Gasteiger partial charge in [0.2, 0.25) is 0 Å². The van der Waals surface area contributed by atoms with Gasteiger partial charge in [0, 0.05) is 44.3 Å². The summed E-state index contributed by atoms with van der Waals surface area (Å²) in [6.45, 7) is 9.56. The van der Waals surface area contributed by atoms with Crippen molar-refractivity contribution < 1.29 is 9.84 Å². The largest absolute Gasteiger partial charge is 0.491 e. The van der Waals surface area contributed by atoms with E-state index in [9.17, 15) is 5.11 Å². The van der Waals surface area contributed by atoms with E-state index in [4.69, 9.17) is 4.74 Å². The molecule has 1 fully saturated rings. The van der Waals surface area contributed by atoms with E-state index in [-0.39, 0.29) is 0 Å². The molecule has 1 aliphatic rings. The summed E-state index contributed by atoms with van der Waals surface area (Å²) in [6.07, 6.45) is 2.97. The lowest BCUT2D eigenvalue weighted by Gasteiger charge is -2.37. The molecule has 1 atom stereocenters. The fraction of sp³-hybridized carbons (Fsp3) is 0.417. The zero-order valence-corrected chi connectivity index (χ0v) is 17.7. The van der Waals surface area contributed by atoms with Gasteiger partial charge >= 0.3 is 0 Å². The number of aromatic nitrogens is 2. The van der Waals surface area contributed by atoms with E-state index in [1.165, 1.54) is 0 Å². The molecule has 0 saturated carbocycles. The average molecular weight is 407 g/mol. The Morgan fingerprint density at radius 1 is 0.933 bits per heavy atom. The van der Waals surface area contributed by atoms with Crippen molar-refractivity contribution in [3.05, 3.63) is 54.9 Å². The minimum Gasteiger partial charge on any atom is -0.491 e. The zero-order valence-electron chi connectivity index (χ0n) is 17.7. The minimum atomic E-state index is -0.493. The first-order valence-electron chi connectivity index (χ1n) is 10.7. The molecule has 0 spiro atoms. The molecule has 1 aromatic heterocycles. The third-order valence-corrected chi connectivity index (χ3v) is 5.78. The molecule has 1 saturated heterocycles. The summed E-state index contributed by atoms with van der Waals surface area (Å²) in [7, 11) is 0. The van der Waals surface area contributed by atoms with Crippen molar-refractivity contribution in [3.8, 4) is 16.9 Å². The number of hydrogen-bond acceptors (Lipinski definition) is 6. The first-order valence-corrected chi connectivity index (χ1v) is 10.7. The molecule has 0 radical (unpaired) electrons. The van der Waals surface area contributed by atoms with Crippen molar-refractivity contribution in [1.82, 2.24) is 20.0 Å². The number of hydrogen-bond donors (Lipinski definition) is 1. The lowest BCUT2D eigenvalue weighted by molar-refractivity contribution is 0.0400. The molecular formula is C24H30N4O2. The summed E-state index contributed by atoms with van der Waals surface area (Å²) < 4.78 is 5.89. The number of ether oxygens (including phenoxy) is 1. The van der Waals surface area contributed by atoms with E-state index in [0.717, 1.165) is 53.8 Å². The van der Waals surface area contributed by atoms with Gasteiger partial charge in [-0.25, -0.2) is 0 Å². The molecule has 3 aromatic rings. The number of rotatable bonds is 7. The molecule has 30 heavy (non-hydrogen) atoms. The smallest absolute Gasteiger partial charge is 0.120 e. The number of aliphatic hydroxyl groups is 1. The highest BCUT2D eigenvalue weighted by Crippen LogP contribution is 2.26. The Balaban J connectivity index is 1.32. The molecule has 0 amide bonds. The predicted octanol–water partition coefficient (Wildman–Crippen LogP) is 3.06. The Morgan fingerprint density at radius 3 is 2.43 bits per heavy atom. The number of benzene rings is 2. The van der Waals surface area contributed by atoms with E-state index in [1.54, 1.807) is 12.4 Å². The van der Waals surface area contributed by atoms with E-state index < -0.39 is 6.10 Å².